The first-order valence-electron chi connectivity index (χ1n) is 11.4. The van der Waals surface area contributed by atoms with Crippen LogP contribution in [0.2, 0.25) is 0 Å². The van der Waals surface area contributed by atoms with Gasteiger partial charge in [0.2, 0.25) is 0 Å². The lowest BCUT2D eigenvalue weighted by Gasteiger charge is -2.60. The van der Waals surface area contributed by atoms with E-state index in [0.29, 0.717) is 0 Å². The molecule has 3 heteroatoms. The zero-order valence-electron chi connectivity index (χ0n) is 18.8. The second kappa shape index (κ2) is 7.46. The molecule has 0 bridgehead atoms. The van der Waals surface area contributed by atoms with Crippen LogP contribution in [-0.2, 0) is 11.0 Å². The van der Waals surface area contributed by atoms with E-state index in [0.717, 1.165) is 53.3 Å². The van der Waals surface area contributed by atoms with Gasteiger partial charge in [-0.05, 0) is 61.9 Å². The zero-order valence-corrected chi connectivity index (χ0v) is 18.8. The molecule has 0 fully saturated rings. The molecule has 1 aliphatic rings. The maximum absolute atomic E-state index is 15.6. The Kier molecular flexibility index (Phi) is 5.22. The molecule has 1 atom stereocenters. The Balaban J connectivity index is 2.06. The van der Waals surface area contributed by atoms with Crippen LogP contribution in [0.25, 0.3) is 10.9 Å². The Labute approximate surface area is 179 Å². The van der Waals surface area contributed by atoms with Crippen molar-refractivity contribution in [2.45, 2.75) is 76.8 Å². The van der Waals surface area contributed by atoms with Crippen molar-refractivity contribution in [3.05, 3.63) is 77.2 Å². The summed E-state index contributed by atoms with van der Waals surface area (Å²) in [7, 11) is 0. The molecule has 158 valence electrons. The molecule has 1 aromatic heterocycles. The summed E-state index contributed by atoms with van der Waals surface area (Å²) in [4.78, 5) is 4.74. The van der Waals surface area contributed by atoms with Gasteiger partial charge in [-0.3, -0.25) is 10.3 Å². The average Bonchev–Trinajstić information content (AvgIpc) is 2.79. The summed E-state index contributed by atoms with van der Waals surface area (Å²) in [6, 6.07) is 16.0. The lowest BCUT2D eigenvalue weighted by atomic mass is 9.53. The maximum Gasteiger partial charge on any atom is 0.127 e. The fourth-order valence-corrected chi connectivity index (χ4v) is 6.29. The monoisotopic (exact) mass is 404 g/mol. The lowest BCUT2D eigenvalue weighted by molar-refractivity contribution is 0.0770. The Morgan fingerprint density at radius 3 is 2.27 bits per heavy atom. The van der Waals surface area contributed by atoms with Gasteiger partial charge in [0.05, 0.1) is 11.1 Å². The molecule has 2 aromatic carbocycles. The first-order valence-corrected chi connectivity index (χ1v) is 11.4. The summed E-state index contributed by atoms with van der Waals surface area (Å²) in [6.45, 7) is 11.1. The standard InChI is InChI=1S/C27H33FN2/c1-6-26(7-2)24-21(14-12-15-22(24)28)25(5,30-27(26,8-3)9-4)20-17-19-13-10-11-16-23(19)29-18-20/h10-18,30H,6-9H2,1-5H3. The number of pyridine rings is 1. The SMILES string of the molecule is CCC1(CC)NC(C)(c2cnc3ccccc3c2)c2cccc(F)c2C1(CC)CC. The van der Waals surface area contributed by atoms with Crippen molar-refractivity contribution < 1.29 is 4.39 Å². The van der Waals surface area contributed by atoms with Crippen LogP contribution in [0.15, 0.2) is 54.7 Å². The van der Waals surface area contributed by atoms with E-state index < -0.39 is 5.54 Å². The Morgan fingerprint density at radius 2 is 1.60 bits per heavy atom. The third kappa shape index (κ3) is 2.68. The van der Waals surface area contributed by atoms with Crippen LogP contribution in [0.5, 0.6) is 0 Å². The number of halogens is 1. The predicted octanol–water partition coefficient (Wildman–Crippen LogP) is 6.86. The minimum absolute atomic E-state index is 0.0797. The molecule has 2 nitrogen and oxygen atoms in total. The van der Waals surface area contributed by atoms with Crippen molar-refractivity contribution >= 4 is 10.9 Å². The number of rotatable bonds is 5. The fraction of sp³-hybridized carbons (Fsp3) is 0.444. The van der Waals surface area contributed by atoms with E-state index in [4.69, 9.17) is 4.98 Å². The lowest BCUT2D eigenvalue weighted by Crippen LogP contribution is -2.69. The number of para-hydroxylation sites is 1. The average molecular weight is 405 g/mol. The van der Waals surface area contributed by atoms with Crippen molar-refractivity contribution in [3.63, 3.8) is 0 Å². The van der Waals surface area contributed by atoms with Crippen molar-refractivity contribution in [2.24, 2.45) is 0 Å². The van der Waals surface area contributed by atoms with Gasteiger partial charge >= 0.3 is 0 Å². The highest BCUT2D eigenvalue weighted by Crippen LogP contribution is 2.55. The van der Waals surface area contributed by atoms with Gasteiger partial charge in [0.1, 0.15) is 5.82 Å². The molecule has 2 heterocycles. The van der Waals surface area contributed by atoms with Crippen molar-refractivity contribution in [3.8, 4) is 0 Å². The Hall–Kier alpha value is -2.26. The summed E-state index contributed by atoms with van der Waals surface area (Å²) in [5, 5.41) is 5.20. The van der Waals surface area contributed by atoms with Gasteiger partial charge in [0.25, 0.3) is 0 Å². The molecule has 0 spiro atoms. The molecule has 1 unspecified atom stereocenters. The summed E-state index contributed by atoms with van der Waals surface area (Å²) < 4.78 is 15.6. The molecule has 3 aromatic rings. The van der Waals surface area contributed by atoms with Gasteiger partial charge in [-0.15, -0.1) is 0 Å². The van der Waals surface area contributed by atoms with Crippen LogP contribution < -0.4 is 5.32 Å². The zero-order chi connectivity index (χ0) is 21.6. The van der Waals surface area contributed by atoms with Crippen LogP contribution >= 0.6 is 0 Å². The maximum atomic E-state index is 15.6. The topological polar surface area (TPSA) is 24.9 Å². The van der Waals surface area contributed by atoms with Gasteiger partial charge in [-0.2, -0.15) is 0 Å². The third-order valence-electron chi connectivity index (χ3n) is 8.02. The van der Waals surface area contributed by atoms with E-state index in [1.807, 2.05) is 30.5 Å². The Morgan fingerprint density at radius 1 is 0.900 bits per heavy atom. The van der Waals surface area contributed by atoms with Gasteiger partial charge in [-0.25, -0.2) is 4.39 Å². The molecule has 1 aliphatic heterocycles. The normalized spacial score (nSPS) is 22.1. The van der Waals surface area contributed by atoms with Gasteiger partial charge in [0, 0.05) is 28.1 Å². The van der Waals surface area contributed by atoms with Crippen molar-refractivity contribution in [2.75, 3.05) is 0 Å². The van der Waals surface area contributed by atoms with Gasteiger partial charge in [-0.1, -0.05) is 58.0 Å². The molecule has 30 heavy (non-hydrogen) atoms. The van der Waals surface area contributed by atoms with E-state index >= 15 is 4.39 Å². The number of hydrogen-bond donors (Lipinski definition) is 1. The number of fused-ring (bicyclic) bond motifs is 2. The number of nitrogens with one attached hydrogen (secondary N) is 1. The van der Waals surface area contributed by atoms with Crippen molar-refractivity contribution in [1.82, 2.24) is 10.3 Å². The summed E-state index contributed by atoms with van der Waals surface area (Å²) >= 11 is 0. The molecular formula is C27H33FN2. The molecule has 0 radical (unpaired) electrons. The van der Waals surface area contributed by atoms with Gasteiger partial charge in [0.15, 0.2) is 0 Å². The van der Waals surface area contributed by atoms with E-state index in [2.05, 4.69) is 58.1 Å². The third-order valence-corrected chi connectivity index (χ3v) is 8.02. The molecule has 0 amide bonds. The van der Waals surface area contributed by atoms with Crippen LogP contribution in [0.1, 0.15) is 77.0 Å². The molecule has 0 saturated heterocycles. The van der Waals surface area contributed by atoms with Gasteiger partial charge < -0.3 is 0 Å². The number of benzene rings is 2. The molecule has 0 aliphatic carbocycles. The molecule has 0 saturated carbocycles. The second-order valence-corrected chi connectivity index (χ2v) is 8.91. The van der Waals surface area contributed by atoms with Crippen molar-refractivity contribution in [1.29, 1.82) is 0 Å². The second-order valence-electron chi connectivity index (χ2n) is 8.91. The van der Waals surface area contributed by atoms with Crippen LogP contribution in [0, 0.1) is 5.82 Å². The quantitative estimate of drug-likeness (QED) is 0.502. The highest BCUT2D eigenvalue weighted by molar-refractivity contribution is 5.79. The summed E-state index contributed by atoms with van der Waals surface area (Å²) in [5.74, 6) is -0.0797. The van der Waals surface area contributed by atoms with Crippen LogP contribution in [-0.4, -0.2) is 10.5 Å². The van der Waals surface area contributed by atoms with E-state index in [9.17, 15) is 0 Å². The molecular weight excluding hydrogens is 371 g/mol. The summed E-state index contributed by atoms with van der Waals surface area (Å²) in [5.41, 5.74) is 3.03. The first kappa shape index (κ1) is 21.0. The van der Waals surface area contributed by atoms with Crippen LogP contribution in [0.3, 0.4) is 0 Å². The number of aromatic nitrogens is 1. The fourth-order valence-electron chi connectivity index (χ4n) is 6.29. The minimum Gasteiger partial charge on any atom is -0.297 e. The number of hydrogen-bond acceptors (Lipinski definition) is 2. The highest BCUT2D eigenvalue weighted by Gasteiger charge is 2.57. The minimum atomic E-state index is -0.520. The molecule has 4 rings (SSSR count). The highest BCUT2D eigenvalue weighted by atomic mass is 19.1. The van der Waals surface area contributed by atoms with Crippen LogP contribution in [0.4, 0.5) is 4.39 Å². The largest absolute Gasteiger partial charge is 0.297 e. The van der Waals surface area contributed by atoms with E-state index in [1.54, 1.807) is 6.07 Å². The predicted molar refractivity (Wildman–Crippen MR) is 123 cm³/mol. The number of nitrogens with zero attached hydrogens (tertiary/aromatic N) is 1. The van der Waals surface area contributed by atoms with E-state index in [1.165, 1.54) is 0 Å². The molecule has 1 N–H and O–H groups in total. The van der Waals surface area contributed by atoms with E-state index in [-0.39, 0.29) is 16.8 Å². The first-order chi connectivity index (χ1) is 14.4. The smallest absolute Gasteiger partial charge is 0.127 e. The summed E-state index contributed by atoms with van der Waals surface area (Å²) in [6.07, 6.45) is 5.65. The Bertz CT molecular complexity index is 1070.